The average Bonchev–Trinajstić information content (AvgIpc) is 2.48. The third-order valence-electron chi connectivity index (χ3n) is 3.54. The normalized spacial score (nSPS) is 20.9. The predicted octanol–water partition coefficient (Wildman–Crippen LogP) is 1.59. The van der Waals surface area contributed by atoms with Crippen LogP contribution in [0.15, 0.2) is 24.3 Å². The van der Waals surface area contributed by atoms with Gasteiger partial charge in [0, 0.05) is 33.8 Å². The first-order chi connectivity index (χ1) is 9.11. The SMILES string of the molecule is COC[C@H](O)CN1C[C@@H](C)CN(C)c2ccccc21. The summed E-state index contributed by atoms with van der Waals surface area (Å²) in [6.45, 7) is 5.24. The molecular formula is C15H24N2O2. The van der Waals surface area contributed by atoms with Crippen LogP contribution in [-0.4, -0.2) is 51.6 Å². The molecule has 1 aromatic carbocycles. The summed E-state index contributed by atoms with van der Waals surface area (Å²) < 4.78 is 5.03. The van der Waals surface area contributed by atoms with Crippen molar-refractivity contribution in [3.63, 3.8) is 0 Å². The summed E-state index contributed by atoms with van der Waals surface area (Å²) in [5.41, 5.74) is 2.43. The van der Waals surface area contributed by atoms with Gasteiger partial charge in [-0.05, 0) is 18.1 Å². The second kappa shape index (κ2) is 6.26. The topological polar surface area (TPSA) is 35.9 Å². The molecule has 0 spiro atoms. The monoisotopic (exact) mass is 264 g/mol. The molecule has 0 aromatic heterocycles. The molecule has 2 atom stereocenters. The Labute approximate surface area is 115 Å². The Morgan fingerprint density at radius 3 is 2.68 bits per heavy atom. The smallest absolute Gasteiger partial charge is 0.0947 e. The first kappa shape index (κ1) is 14.2. The molecule has 4 heteroatoms. The fraction of sp³-hybridized carbons (Fsp3) is 0.600. The third kappa shape index (κ3) is 3.39. The lowest BCUT2D eigenvalue weighted by atomic mass is 10.1. The van der Waals surface area contributed by atoms with Gasteiger partial charge in [-0.2, -0.15) is 0 Å². The molecule has 0 fully saturated rings. The van der Waals surface area contributed by atoms with Gasteiger partial charge in [0.2, 0.25) is 0 Å². The van der Waals surface area contributed by atoms with Gasteiger partial charge in [-0.25, -0.2) is 0 Å². The molecule has 19 heavy (non-hydrogen) atoms. The van der Waals surface area contributed by atoms with E-state index in [2.05, 4.69) is 48.0 Å². The molecule has 106 valence electrons. The van der Waals surface area contributed by atoms with Crippen molar-refractivity contribution < 1.29 is 9.84 Å². The van der Waals surface area contributed by atoms with Crippen LogP contribution in [0, 0.1) is 5.92 Å². The molecule has 1 heterocycles. The fourth-order valence-electron chi connectivity index (χ4n) is 2.82. The van der Waals surface area contributed by atoms with Crippen LogP contribution in [-0.2, 0) is 4.74 Å². The molecule has 1 aromatic rings. The van der Waals surface area contributed by atoms with E-state index in [9.17, 15) is 5.11 Å². The number of fused-ring (bicyclic) bond motifs is 1. The second-order valence-corrected chi connectivity index (χ2v) is 5.49. The highest BCUT2D eigenvalue weighted by Gasteiger charge is 2.23. The van der Waals surface area contributed by atoms with Gasteiger partial charge >= 0.3 is 0 Å². The zero-order valence-corrected chi connectivity index (χ0v) is 12.0. The van der Waals surface area contributed by atoms with E-state index in [0.29, 0.717) is 19.1 Å². The number of anilines is 2. The second-order valence-electron chi connectivity index (χ2n) is 5.49. The van der Waals surface area contributed by atoms with Gasteiger partial charge in [-0.1, -0.05) is 19.1 Å². The summed E-state index contributed by atoms with van der Waals surface area (Å²) in [5, 5.41) is 9.99. The number of para-hydroxylation sites is 2. The van der Waals surface area contributed by atoms with E-state index in [0.717, 1.165) is 13.1 Å². The van der Waals surface area contributed by atoms with Gasteiger partial charge in [0.1, 0.15) is 0 Å². The summed E-state index contributed by atoms with van der Waals surface area (Å²) in [6, 6.07) is 8.39. The van der Waals surface area contributed by atoms with Gasteiger partial charge in [0.25, 0.3) is 0 Å². The summed E-state index contributed by atoms with van der Waals surface area (Å²) in [7, 11) is 3.75. The molecule has 0 bridgehead atoms. The highest BCUT2D eigenvalue weighted by Crippen LogP contribution is 2.32. The van der Waals surface area contributed by atoms with Gasteiger partial charge in [-0.15, -0.1) is 0 Å². The molecule has 1 N–H and O–H groups in total. The Morgan fingerprint density at radius 1 is 1.32 bits per heavy atom. The van der Waals surface area contributed by atoms with Crippen LogP contribution in [0.25, 0.3) is 0 Å². The largest absolute Gasteiger partial charge is 0.389 e. The van der Waals surface area contributed by atoms with Crippen LogP contribution in [0.5, 0.6) is 0 Å². The number of rotatable bonds is 4. The average molecular weight is 264 g/mol. The molecular weight excluding hydrogens is 240 g/mol. The zero-order chi connectivity index (χ0) is 13.8. The minimum Gasteiger partial charge on any atom is -0.389 e. The number of aliphatic hydroxyl groups is 1. The number of hydrogen-bond donors (Lipinski definition) is 1. The lowest BCUT2D eigenvalue weighted by Gasteiger charge is -2.28. The third-order valence-corrected chi connectivity index (χ3v) is 3.54. The highest BCUT2D eigenvalue weighted by molar-refractivity contribution is 5.72. The Morgan fingerprint density at radius 2 is 2.00 bits per heavy atom. The number of benzene rings is 1. The minimum atomic E-state index is -0.450. The van der Waals surface area contributed by atoms with Gasteiger partial charge in [0.15, 0.2) is 0 Å². The first-order valence-electron chi connectivity index (χ1n) is 6.84. The molecule has 0 unspecified atom stereocenters. The van der Waals surface area contributed by atoms with Gasteiger partial charge in [0.05, 0.1) is 24.1 Å². The van der Waals surface area contributed by atoms with Crippen LogP contribution in [0.2, 0.25) is 0 Å². The minimum absolute atomic E-state index is 0.378. The summed E-state index contributed by atoms with van der Waals surface area (Å²) in [6.07, 6.45) is -0.450. The molecule has 1 aliphatic heterocycles. The fourth-order valence-corrected chi connectivity index (χ4v) is 2.82. The number of ether oxygens (including phenoxy) is 1. The number of hydrogen-bond acceptors (Lipinski definition) is 4. The van der Waals surface area contributed by atoms with Crippen molar-refractivity contribution in [1.29, 1.82) is 0 Å². The van der Waals surface area contributed by atoms with E-state index >= 15 is 0 Å². The van der Waals surface area contributed by atoms with Crippen molar-refractivity contribution >= 4 is 11.4 Å². The van der Waals surface area contributed by atoms with Crippen LogP contribution in [0.1, 0.15) is 6.92 Å². The number of nitrogens with zero attached hydrogens (tertiary/aromatic N) is 2. The van der Waals surface area contributed by atoms with Crippen molar-refractivity contribution in [3.8, 4) is 0 Å². The van der Waals surface area contributed by atoms with Crippen LogP contribution >= 0.6 is 0 Å². The zero-order valence-electron chi connectivity index (χ0n) is 12.0. The molecule has 0 saturated carbocycles. The van der Waals surface area contributed by atoms with E-state index < -0.39 is 6.10 Å². The molecule has 0 amide bonds. The number of methoxy groups -OCH3 is 1. The lowest BCUT2D eigenvalue weighted by molar-refractivity contribution is 0.0685. The maximum atomic E-state index is 9.99. The van der Waals surface area contributed by atoms with Crippen LogP contribution in [0.3, 0.4) is 0 Å². The molecule has 0 aliphatic carbocycles. The highest BCUT2D eigenvalue weighted by atomic mass is 16.5. The molecule has 0 saturated heterocycles. The Balaban J connectivity index is 2.23. The van der Waals surface area contributed by atoms with E-state index in [4.69, 9.17) is 4.74 Å². The van der Waals surface area contributed by atoms with Crippen molar-refractivity contribution in [3.05, 3.63) is 24.3 Å². The Hall–Kier alpha value is -1.26. The molecule has 2 rings (SSSR count). The Bertz CT molecular complexity index is 411. The summed E-state index contributed by atoms with van der Waals surface area (Å²) in [4.78, 5) is 4.57. The Kier molecular flexibility index (Phi) is 4.66. The quantitative estimate of drug-likeness (QED) is 0.896. The van der Waals surface area contributed by atoms with Crippen molar-refractivity contribution in [2.75, 3.05) is 50.2 Å². The molecule has 1 aliphatic rings. The standard InChI is InChI=1S/C15H24N2O2/c1-12-8-16(2)14-6-4-5-7-15(14)17(9-12)10-13(18)11-19-3/h4-7,12-13,18H,8-11H2,1-3H3/t12-,13+/m0/s1. The predicted molar refractivity (Wildman–Crippen MR) is 79.0 cm³/mol. The summed E-state index contributed by atoms with van der Waals surface area (Å²) in [5.74, 6) is 0.562. The first-order valence-corrected chi connectivity index (χ1v) is 6.84. The van der Waals surface area contributed by atoms with E-state index in [1.165, 1.54) is 11.4 Å². The van der Waals surface area contributed by atoms with E-state index in [1.807, 2.05) is 0 Å². The van der Waals surface area contributed by atoms with Crippen LogP contribution < -0.4 is 9.80 Å². The summed E-state index contributed by atoms with van der Waals surface area (Å²) >= 11 is 0. The van der Waals surface area contributed by atoms with Crippen LogP contribution in [0.4, 0.5) is 11.4 Å². The maximum absolute atomic E-state index is 9.99. The van der Waals surface area contributed by atoms with E-state index in [1.54, 1.807) is 7.11 Å². The van der Waals surface area contributed by atoms with Gasteiger partial charge in [-0.3, -0.25) is 0 Å². The van der Waals surface area contributed by atoms with Crippen molar-refractivity contribution in [1.82, 2.24) is 0 Å². The van der Waals surface area contributed by atoms with Crippen molar-refractivity contribution in [2.45, 2.75) is 13.0 Å². The molecule has 4 nitrogen and oxygen atoms in total. The number of aliphatic hydroxyl groups excluding tert-OH is 1. The molecule has 0 radical (unpaired) electrons. The van der Waals surface area contributed by atoms with E-state index in [-0.39, 0.29) is 0 Å². The lowest BCUT2D eigenvalue weighted by Crippen LogP contribution is -2.37. The maximum Gasteiger partial charge on any atom is 0.0947 e. The van der Waals surface area contributed by atoms with Crippen molar-refractivity contribution in [2.24, 2.45) is 5.92 Å². The van der Waals surface area contributed by atoms with Gasteiger partial charge < -0.3 is 19.6 Å². The number of β-amino-alcohol motifs (C(OH)–C–C–N with tert-alkyl or cyclic N) is 1.